The number of carbonyl (C=O) groups is 2. The molecule has 2 aromatic rings. The van der Waals surface area contributed by atoms with Crippen LogP contribution in [0.2, 0.25) is 0 Å². The number of carbonyl (C=O) groups excluding carboxylic acids is 2. The van der Waals surface area contributed by atoms with E-state index in [1.807, 2.05) is 24.3 Å². The van der Waals surface area contributed by atoms with Gasteiger partial charge in [0.2, 0.25) is 5.91 Å². The molecular weight excluding hydrogens is 366 g/mol. The summed E-state index contributed by atoms with van der Waals surface area (Å²) in [5, 5.41) is 2.92. The minimum absolute atomic E-state index is 0.0456. The maximum Gasteiger partial charge on any atom is 0.253 e. The zero-order valence-corrected chi connectivity index (χ0v) is 15.6. The third-order valence-electron chi connectivity index (χ3n) is 4.95. The number of hydrogen-bond acceptors (Lipinski definition) is 3. The molecule has 2 amide bonds. The lowest BCUT2D eigenvalue weighted by Crippen LogP contribution is -2.43. The van der Waals surface area contributed by atoms with Gasteiger partial charge < -0.3 is 15.0 Å². The fourth-order valence-electron chi connectivity index (χ4n) is 3.23. The second kappa shape index (κ2) is 8.82. The van der Waals surface area contributed by atoms with Crippen LogP contribution in [0.1, 0.15) is 28.8 Å². The molecule has 1 aliphatic rings. The number of rotatable bonds is 5. The van der Waals surface area contributed by atoms with Gasteiger partial charge in [0.05, 0.1) is 7.11 Å². The van der Waals surface area contributed by atoms with Crippen LogP contribution in [0.4, 0.5) is 8.78 Å². The van der Waals surface area contributed by atoms with Crippen molar-refractivity contribution in [3.8, 4) is 5.75 Å². The van der Waals surface area contributed by atoms with E-state index in [2.05, 4.69) is 5.32 Å². The van der Waals surface area contributed by atoms with E-state index in [0.29, 0.717) is 32.5 Å². The monoisotopic (exact) mass is 388 g/mol. The Morgan fingerprint density at radius 3 is 2.36 bits per heavy atom. The van der Waals surface area contributed by atoms with Crippen molar-refractivity contribution in [2.45, 2.75) is 19.4 Å². The van der Waals surface area contributed by atoms with E-state index in [4.69, 9.17) is 4.74 Å². The van der Waals surface area contributed by atoms with Crippen molar-refractivity contribution >= 4 is 11.8 Å². The van der Waals surface area contributed by atoms with Crippen LogP contribution in [0.5, 0.6) is 5.75 Å². The molecule has 1 heterocycles. The van der Waals surface area contributed by atoms with E-state index in [1.54, 1.807) is 12.0 Å². The second-order valence-corrected chi connectivity index (χ2v) is 6.76. The first-order chi connectivity index (χ1) is 13.5. The molecule has 1 aliphatic heterocycles. The van der Waals surface area contributed by atoms with E-state index in [-0.39, 0.29) is 23.3 Å². The van der Waals surface area contributed by atoms with Crippen LogP contribution < -0.4 is 10.1 Å². The van der Waals surface area contributed by atoms with Crippen molar-refractivity contribution in [3.05, 3.63) is 65.2 Å². The largest absolute Gasteiger partial charge is 0.497 e. The van der Waals surface area contributed by atoms with Crippen LogP contribution in [-0.4, -0.2) is 36.9 Å². The molecule has 0 radical (unpaired) electrons. The standard InChI is InChI=1S/C21H22F2N2O3/c1-28-17-5-2-14(3-6-17)13-24-20(26)15-8-10-25(11-9-15)21(27)16-4-7-18(22)19(23)12-16/h2-7,12,15H,8-11,13H2,1H3,(H,24,26). The van der Waals surface area contributed by atoms with Crippen LogP contribution in [0.25, 0.3) is 0 Å². The maximum absolute atomic E-state index is 13.3. The minimum atomic E-state index is -1.04. The topological polar surface area (TPSA) is 58.6 Å². The average Bonchev–Trinajstić information content (AvgIpc) is 2.74. The van der Waals surface area contributed by atoms with Gasteiger partial charge in [0, 0.05) is 31.1 Å². The summed E-state index contributed by atoms with van der Waals surface area (Å²) in [6.07, 6.45) is 1.06. The molecule has 1 saturated heterocycles. The Labute approximate surface area is 162 Å². The van der Waals surface area contributed by atoms with Crippen molar-refractivity contribution in [2.75, 3.05) is 20.2 Å². The van der Waals surface area contributed by atoms with Gasteiger partial charge in [0.25, 0.3) is 5.91 Å². The Morgan fingerprint density at radius 1 is 1.07 bits per heavy atom. The molecule has 0 atom stereocenters. The van der Waals surface area contributed by atoms with Gasteiger partial charge in [-0.2, -0.15) is 0 Å². The van der Waals surface area contributed by atoms with Gasteiger partial charge >= 0.3 is 0 Å². The Balaban J connectivity index is 1.49. The van der Waals surface area contributed by atoms with E-state index in [0.717, 1.165) is 23.4 Å². The van der Waals surface area contributed by atoms with Crippen molar-refractivity contribution < 1.29 is 23.1 Å². The molecule has 28 heavy (non-hydrogen) atoms. The summed E-state index contributed by atoms with van der Waals surface area (Å²) >= 11 is 0. The predicted molar refractivity (Wildman–Crippen MR) is 99.8 cm³/mol. The molecule has 0 saturated carbocycles. The van der Waals surface area contributed by atoms with Gasteiger partial charge in [-0.3, -0.25) is 9.59 Å². The molecular formula is C21H22F2N2O3. The third kappa shape index (κ3) is 4.65. The summed E-state index contributed by atoms with van der Waals surface area (Å²) in [6.45, 7) is 1.23. The Bertz CT molecular complexity index is 847. The highest BCUT2D eigenvalue weighted by Gasteiger charge is 2.28. The highest BCUT2D eigenvalue weighted by molar-refractivity contribution is 5.94. The quantitative estimate of drug-likeness (QED) is 0.856. The highest BCUT2D eigenvalue weighted by atomic mass is 19.2. The number of hydrogen-bond donors (Lipinski definition) is 1. The Morgan fingerprint density at radius 2 is 1.75 bits per heavy atom. The summed E-state index contributed by atoms with van der Waals surface area (Å²) in [5.74, 6) is -1.84. The number of nitrogens with one attached hydrogen (secondary N) is 1. The molecule has 0 bridgehead atoms. The zero-order chi connectivity index (χ0) is 20.1. The van der Waals surface area contributed by atoms with Gasteiger partial charge in [-0.05, 0) is 48.7 Å². The van der Waals surface area contributed by atoms with Gasteiger partial charge in [0.1, 0.15) is 5.75 Å². The molecule has 7 heteroatoms. The van der Waals surface area contributed by atoms with Crippen molar-refractivity contribution in [3.63, 3.8) is 0 Å². The lowest BCUT2D eigenvalue weighted by Gasteiger charge is -2.31. The zero-order valence-electron chi connectivity index (χ0n) is 15.6. The number of halogens is 2. The second-order valence-electron chi connectivity index (χ2n) is 6.76. The lowest BCUT2D eigenvalue weighted by molar-refractivity contribution is -0.126. The number of benzene rings is 2. The van der Waals surface area contributed by atoms with Crippen LogP contribution in [0.3, 0.4) is 0 Å². The minimum Gasteiger partial charge on any atom is -0.497 e. The van der Waals surface area contributed by atoms with Crippen molar-refractivity contribution in [1.82, 2.24) is 10.2 Å². The molecule has 3 rings (SSSR count). The van der Waals surface area contributed by atoms with Crippen LogP contribution in [0, 0.1) is 17.6 Å². The Hall–Kier alpha value is -2.96. The highest BCUT2D eigenvalue weighted by Crippen LogP contribution is 2.20. The molecule has 0 aliphatic carbocycles. The fourth-order valence-corrected chi connectivity index (χ4v) is 3.23. The molecule has 1 N–H and O–H groups in total. The summed E-state index contributed by atoms with van der Waals surface area (Å²) in [4.78, 5) is 26.4. The molecule has 0 unspecified atom stereocenters. The molecule has 2 aromatic carbocycles. The molecule has 5 nitrogen and oxygen atoms in total. The SMILES string of the molecule is COc1ccc(CNC(=O)C2CCN(C(=O)c3ccc(F)c(F)c3)CC2)cc1. The number of nitrogens with zero attached hydrogens (tertiary/aromatic N) is 1. The smallest absolute Gasteiger partial charge is 0.253 e. The molecule has 1 fully saturated rings. The summed E-state index contributed by atoms with van der Waals surface area (Å²) in [6, 6.07) is 10.6. The molecule has 148 valence electrons. The average molecular weight is 388 g/mol. The fraction of sp³-hybridized carbons (Fsp3) is 0.333. The van der Waals surface area contributed by atoms with Crippen molar-refractivity contribution in [2.24, 2.45) is 5.92 Å². The van der Waals surface area contributed by atoms with Crippen LogP contribution >= 0.6 is 0 Å². The third-order valence-corrected chi connectivity index (χ3v) is 4.95. The van der Waals surface area contributed by atoms with Crippen LogP contribution in [0.15, 0.2) is 42.5 Å². The first-order valence-electron chi connectivity index (χ1n) is 9.13. The summed E-state index contributed by atoms with van der Waals surface area (Å²) < 4.78 is 31.5. The maximum atomic E-state index is 13.3. The predicted octanol–water partition coefficient (Wildman–Crippen LogP) is 3.14. The number of piperidine rings is 1. The lowest BCUT2D eigenvalue weighted by atomic mass is 9.95. The van der Waals surface area contributed by atoms with Gasteiger partial charge in [-0.15, -0.1) is 0 Å². The number of ether oxygens (including phenoxy) is 1. The number of amides is 2. The number of likely N-dealkylation sites (tertiary alicyclic amines) is 1. The molecule has 0 aromatic heterocycles. The van der Waals surface area contributed by atoms with Gasteiger partial charge in [0.15, 0.2) is 11.6 Å². The van der Waals surface area contributed by atoms with Gasteiger partial charge in [-0.1, -0.05) is 12.1 Å². The number of methoxy groups -OCH3 is 1. The first-order valence-corrected chi connectivity index (χ1v) is 9.13. The molecule has 0 spiro atoms. The summed E-state index contributed by atoms with van der Waals surface area (Å²) in [5.41, 5.74) is 1.08. The van der Waals surface area contributed by atoms with E-state index < -0.39 is 11.6 Å². The van der Waals surface area contributed by atoms with E-state index in [1.165, 1.54) is 6.07 Å². The normalized spacial score (nSPS) is 14.6. The van der Waals surface area contributed by atoms with Crippen molar-refractivity contribution in [1.29, 1.82) is 0 Å². The first kappa shape index (κ1) is 19.8. The Kier molecular flexibility index (Phi) is 6.23. The van der Waals surface area contributed by atoms with E-state index >= 15 is 0 Å². The van der Waals surface area contributed by atoms with E-state index in [9.17, 15) is 18.4 Å². The van der Waals surface area contributed by atoms with Gasteiger partial charge in [-0.25, -0.2) is 8.78 Å². The van der Waals surface area contributed by atoms with Crippen LogP contribution in [-0.2, 0) is 11.3 Å². The summed E-state index contributed by atoms with van der Waals surface area (Å²) in [7, 11) is 1.60.